The predicted molar refractivity (Wildman–Crippen MR) is 71.4 cm³/mol. The smallest absolute Gasteiger partial charge is 0.211 e. The van der Waals surface area contributed by atoms with Crippen LogP contribution < -0.4 is 4.72 Å². The number of alkyl halides is 1. The third-order valence-electron chi connectivity index (χ3n) is 3.03. The van der Waals surface area contributed by atoms with Crippen molar-refractivity contribution < 1.29 is 8.42 Å². The van der Waals surface area contributed by atoms with Gasteiger partial charge in [0, 0.05) is 10.9 Å². The van der Waals surface area contributed by atoms with Crippen LogP contribution in [-0.4, -0.2) is 25.0 Å². The van der Waals surface area contributed by atoms with Gasteiger partial charge in [0.05, 0.1) is 5.75 Å². The van der Waals surface area contributed by atoms with Crippen molar-refractivity contribution in [1.29, 1.82) is 0 Å². The van der Waals surface area contributed by atoms with Crippen LogP contribution in [-0.2, 0) is 10.0 Å². The number of nitrogens with one attached hydrogen (secondary N) is 1. The lowest BCUT2D eigenvalue weighted by molar-refractivity contribution is 0.519. The van der Waals surface area contributed by atoms with E-state index in [1.54, 1.807) is 0 Å². The molecule has 0 aromatic carbocycles. The predicted octanol–water partition coefficient (Wildman–Crippen LogP) is 2.80. The van der Waals surface area contributed by atoms with E-state index in [1.165, 1.54) is 12.8 Å². The fraction of sp³-hybridized carbons (Fsp3) is 1.00. The van der Waals surface area contributed by atoms with Crippen molar-refractivity contribution in [2.45, 2.75) is 62.7 Å². The standard InChI is InChI=1S/C11H22BrNO2S/c1-2-3-9-16(14,15)13-11-8-6-4-5-7-10(11)12/h10-11,13H,2-9H2,1H3. The third kappa shape index (κ3) is 5.15. The van der Waals surface area contributed by atoms with Crippen LogP contribution in [0.5, 0.6) is 0 Å². The molecule has 0 spiro atoms. The van der Waals surface area contributed by atoms with Crippen molar-refractivity contribution in [3.63, 3.8) is 0 Å². The van der Waals surface area contributed by atoms with Gasteiger partial charge in [0.15, 0.2) is 0 Å². The van der Waals surface area contributed by atoms with E-state index < -0.39 is 10.0 Å². The number of hydrogen-bond donors (Lipinski definition) is 1. The van der Waals surface area contributed by atoms with E-state index >= 15 is 0 Å². The number of unbranched alkanes of at least 4 members (excludes halogenated alkanes) is 1. The van der Waals surface area contributed by atoms with Crippen LogP contribution in [0.3, 0.4) is 0 Å². The van der Waals surface area contributed by atoms with Crippen molar-refractivity contribution in [2.75, 3.05) is 5.75 Å². The second-order valence-electron chi connectivity index (χ2n) is 4.55. The zero-order valence-corrected chi connectivity index (χ0v) is 12.3. The van der Waals surface area contributed by atoms with Crippen LogP contribution in [0, 0.1) is 0 Å². The average molecular weight is 312 g/mol. The molecular weight excluding hydrogens is 290 g/mol. The minimum Gasteiger partial charge on any atom is -0.212 e. The average Bonchev–Trinajstić information content (AvgIpc) is 2.41. The lowest BCUT2D eigenvalue weighted by Gasteiger charge is -2.21. The molecule has 2 unspecified atom stereocenters. The molecule has 96 valence electrons. The molecule has 1 rings (SSSR count). The summed E-state index contributed by atoms with van der Waals surface area (Å²) in [5.41, 5.74) is 0. The van der Waals surface area contributed by atoms with E-state index in [0.717, 1.165) is 32.1 Å². The minimum atomic E-state index is -3.07. The first-order valence-corrected chi connectivity index (χ1v) is 8.76. The highest BCUT2D eigenvalue weighted by Crippen LogP contribution is 2.24. The molecule has 0 aromatic heterocycles. The van der Waals surface area contributed by atoms with Crippen molar-refractivity contribution in [3.05, 3.63) is 0 Å². The van der Waals surface area contributed by atoms with E-state index in [1.807, 2.05) is 6.92 Å². The van der Waals surface area contributed by atoms with Gasteiger partial charge in [-0.15, -0.1) is 0 Å². The highest BCUT2D eigenvalue weighted by molar-refractivity contribution is 9.09. The number of hydrogen-bond acceptors (Lipinski definition) is 2. The summed E-state index contributed by atoms with van der Waals surface area (Å²) in [5, 5.41) is 0. The molecule has 0 bridgehead atoms. The summed E-state index contributed by atoms with van der Waals surface area (Å²) in [7, 11) is -3.07. The molecule has 0 aromatic rings. The highest BCUT2D eigenvalue weighted by atomic mass is 79.9. The molecule has 0 amide bonds. The maximum absolute atomic E-state index is 11.8. The molecule has 0 heterocycles. The molecule has 1 N–H and O–H groups in total. The molecule has 3 nitrogen and oxygen atoms in total. The van der Waals surface area contributed by atoms with E-state index in [-0.39, 0.29) is 11.8 Å². The summed E-state index contributed by atoms with van der Waals surface area (Å²) in [4.78, 5) is 0.298. The summed E-state index contributed by atoms with van der Waals surface area (Å²) >= 11 is 3.60. The van der Waals surface area contributed by atoms with Gasteiger partial charge in [-0.2, -0.15) is 0 Å². The molecule has 0 saturated heterocycles. The Morgan fingerprint density at radius 3 is 2.62 bits per heavy atom. The Labute approximate surface area is 108 Å². The van der Waals surface area contributed by atoms with Crippen LogP contribution in [0.4, 0.5) is 0 Å². The van der Waals surface area contributed by atoms with Crippen molar-refractivity contribution in [1.82, 2.24) is 4.72 Å². The van der Waals surface area contributed by atoms with Gasteiger partial charge in [-0.1, -0.05) is 48.5 Å². The summed E-state index contributed by atoms with van der Waals surface area (Å²) in [6.45, 7) is 2.01. The number of sulfonamides is 1. The monoisotopic (exact) mass is 311 g/mol. The first-order chi connectivity index (χ1) is 7.55. The summed E-state index contributed by atoms with van der Waals surface area (Å²) < 4.78 is 26.4. The highest BCUT2D eigenvalue weighted by Gasteiger charge is 2.25. The molecular formula is C11H22BrNO2S. The van der Waals surface area contributed by atoms with Crippen LogP contribution in [0.2, 0.25) is 0 Å². The van der Waals surface area contributed by atoms with Gasteiger partial charge < -0.3 is 0 Å². The second kappa shape index (κ2) is 6.97. The third-order valence-corrected chi connectivity index (χ3v) is 5.61. The van der Waals surface area contributed by atoms with Crippen molar-refractivity contribution >= 4 is 26.0 Å². The second-order valence-corrected chi connectivity index (χ2v) is 7.60. The molecule has 1 saturated carbocycles. The maximum atomic E-state index is 11.8. The Morgan fingerprint density at radius 1 is 1.25 bits per heavy atom. The van der Waals surface area contributed by atoms with E-state index in [0.29, 0.717) is 4.83 Å². The fourth-order valence-electron chi connectivity index (χ4n) is 2.02. The molecule has 1 fully saturated rings. The molecule has 0 aliphatic heterocycles. The SMILES string of the molecule is CCCCS(=O)(=O)NC1CCCCCC1Br. The first-order valence-electron chi connectivity index (χ1n) is 6.19. The van der Waals surface area contributed by atoms with Gasteiger partial charge in [0.1, 0.15) is 0 Å². The molecule has 0 radical (unpaired) electrons. The van der Waals surface area contributed by atoms with Crippen LogP contribution >= 0.6 is 15.9 Å². The fourth-order valence-corrected chi connectivity index (χ4v) is 4.44. The van der Waals surface area contributed by atoms with Crippen LogP contribution in [0.25, 0.3) is 0 Å². The molecule has 16 heavy (non-hydrogen) atoms. The van der Waals surface area contributed by atoms with Crippen molar-refractivity contribution in [2.24, 2.45) is 0 Å². The van der Waals surface area contributed by atoms with Gasteiger partial charge in [0.25, 0.3) is 0 Å². The summed E-state index contributed by atoms with van der Waals surface area (Å²) in [5.74, 6) is 0.264. The zero-order valence-electron chi connectivity index (χ0n) is 9.91. The van der Waals surface area contributed by atoms with E-state index in [2.05, 4.69) is 20.7 Å². The minimum absolute atomic E-state index is 0.0874. The Balaban J connectivity index is 2.50. The molecule has 2 atom stereocenters. The molecule has 1 aliphatic rings. The Kier molecular flexibility index (Phi) is 6.29. The van der Waals surface area contributed by atoms with Crippen LogP contribution in [0.1, 0.15) is 51.9 Å². The van der Waals surface area contributed by atoms with Gasteiger partial charge in [-0.05, 0) is 19.3 Å². The number of rotatable bonds is 5. The van der Waals surface area contributed by atoms with Crippen LogP contribution in [0.15, 0.2) is 0 Å². The van der Waals surface area contributed by atoms with E-state index in [9.17, 15) is 8.42 Å². The quantitative estimate of drug-likeness (QED) is 0.627. The molecule has 1 aliphatic carbocycles. The van der Waals surface area contributed by atoms with Gasteiger partial charge in [-0.3, -0.25) is 0 Å². The summed E-state index contributed by atoms with van der Waals surface area (Å²) in [6, 6.07) is 0.0874. The Hall–Kier alpha value is 0.390. The maximum Gasteiger partial charge on any atom is 0.211 e. The Bertz CT molecular complexity index is 292. The topological polar surface area (TPSA) is 46.2 Å². The van der Waals surface area contributed by atoms with Gasteiger partial charge in [0.2, 0.25) is 10.0 Å². The lowest BCUT2D eigenvalue weighted by Crippen LogP contribution is -2.41. The number of halogens is 1. The summed E-state index contributed by atoms with van der Waals surface area (Å²) in [6.07, 6.45) is 7.24. The largest absolute Gasteiger partial charge is 0.212 e. The first kappa shape index (κ1) is 14.5. The normalized spacial score (nSPS) is 27.6. The Morgan fingerprint density at radius 2 is 1.94 bits per heavy atom. The van der Waals surface area contributed by atoms with Gasteiger partial charge in [-0.25, -0.2) is 13.1 Å². The lowest BCUT2D eigenvalue weighted by atomic mass is 10.1. The van der Waals surface area contributed by atoms with Crippen molar-refractivity contribution in [3.8, 4) is 0 Å². The zero-order chi connectivity index (χ0) is 12.0. The van der Waals surface area contributed by atoms with E-state index in [4.69, 9.17) is 0 Å². The van der Waals surface area contributed by atoms with Gasteiger partial charge >= 0.3 is 0 Å². The molecule has 5 heteroatoms.